The smallest absolute Gasteiger partial charge is 0.293 e. The Kier molecular flexibility index (Phi) is 5.79. The van der Waals surface area contributed by atoms with Crippen LogP contribution in [0.1, 0.15) is 18.5 Å². The van der Waals surface area contributed by atoms with Crippen molar-refractivity contribution >= 4 is 26.9 Å². The Bertz CT molecular complexity index is 1210. The first-order valence-electron chi connectivity index (χ1n) is 8.79. The second kappa shape index (κ2) is 8.29. The molecular formula is C20H17N3O6S. The van der Waals surface area contributed by atoms with Gasteiger partial charge in [-0.25, -0.2) is 8.42 Å². The number of anilines is 1. The Morgan fingerprint density at radius 3 is 2.13 bits per heavy atom. The average Bonchev–Trinajstić information content (AvgIpc) is 2.74. The summed E-state index contributed by atoms with van der Waals surface area (Å²) in [4.78, 5) is 20.5. The van der Waals surface area contributed by atoms with E-state index in [-0.39, 0.29) is 27.2 Å². The number of non-ortho nitro benzene ring substituents is 1. The number of nitro benzene ring substituents is 2. The van der Waals surface area contributed by atoms with Gasteiger partial charge in [-0.15, -0.1) is 0 Å². The molecule has 9 nitrogen and oxygen atoms in total. The van der Waals surface area contributed by atoms with Gasteiger partial charge in [-0.3, -0.25) is 20.2 Å². The molecule has 0 heterocycles. The van der Waals surface area contributed by atoms with Crippen LogP contribution >= 0.6 is 0 Å². The van der Waals surface area contributed by atoms with Gasteiger partial charge in [0.2, 0.25) is 9.84 Å². The number of nitro groups is 2. The molecule has 30 heavy (non-hydrogen) atoms. The van der Waals surface area contributed by atoms with Gasteiger partial charge in [0.05, 0.1) is 19.6 Å². The van der Waals surface area contributed by atoms with E-state index in [2.05, 4.69) is 5.32 Å². The molecule has 0 amide bonds. The minimum Gasteiger partial charge on any atom is -0.373 e. The Hall–Kier alpha value is -3.79. The van der Waals surface area contributed by atoms with E-state index in [9.17, 15) is 28.6 Å². The van der Waals surface area contributed by atoms with Crippen molar-refractivity contribution in [3.8, 4) is 0 Å². The van der Waals surface area contributed by atoms with Gasteiger partial charge >= 0.3 is 0 Å². The number of nitrogens with zero attached hydrogens (tertiary/aromatic N) is 2. The molecule has 1 N–H and O–H groups in total. The summed E-state index contributed by atoms with van der Waals surface area (Å²) in [6, 6.07) is 17.1. The van der Waals surface area contributed by atoms with Crippen LogP contribution in [-0.4, -0.2) is 18.3 Å². The molecule has 3 rings (SSSR count). The number of rotatable bonds is 7. The maximum Gasteiger partial charge on any atom is 0.293 e. The standard InChI is InChI=1S/C20H17N3O6S/c1-14(15-6-3-2-4-7-15)21-19-11-10-18(13-20(19)23(26)27)30(28,29)17-9-5-8-16(12-17)22(24)25/h2-14,21H,1H3/t14-/m1/s1. The van der Waals surface area contributed by atoms with Crippen LogP contribution in [0.15, 0.2) is 82.6 Å². The van der Waals surface area contributed by atoms with E-state index < -0.39 is 25.4 Å². The number of hydrogen-bond donors (Lipinski definition) is 1. The molecule has 0 bridgehead atoms. The van der Waals surface area contributed by atoms with Gasteiger partial charge in [0.15, 0.2) is 0 Å². The van der Waals surface area contributed by atoms with Gasteiger partial charge in [0.1, 0.15) is 5.69 Å². The normalized spacial score (nSPS) is 12.2. The molecule has 0 aliphatic carbocycles. The predicted molar refractivity (Wildman–Crippen MR) is 110 cm³/mol. The van der Waals surface area contributed by atoms with Crippen molar-refractivity contribution in [2.24, 2.45) is 0 Å². The zero-order chi connectivity index (χ0) is 21.9. The van der Waals surface area contributed by atoms with Gasteiger partial charge in [-0.2, -0.15) is 0 Å². The van der Waals surface area contributed by atoms with Gasteiger partial charge in [0, 0.05) is 24.2 Å². The largest absolute Gasteiger partial charge is 0.373 e. The minimum atomic E-state index is -4.19. The maximum atomic E-state index is 12.9. The number of benzene rings is 3. The SMILES string of the molecule is C[C@@H](Nc1ccc(S(=O)(=O)c2cccc([N+](=O)[O-])c2)cc1[N+](=O)[O-])c1ccccc1. The molecule has 154 valence electrons. The second-order valence-corrected chi connectivity index (χ2v) is 8.42. The minimum absolute atomic E-state index is 0.161. The van der Waals surface area contributed by atoms with Gasteiger partial charge in [-0.1, -0.05) is 36.4 Å². The summed E-state index contributed by atoms with van der Waals surface area (Å²) >= 11 is 0. The zero-order valence-corrected chi connectivity index (χ0v) is 16.6. The van der Waals surface area contributed by atoms with Crippen LogP contribution in [-0.2, 0) is 9.84 Å². The number of hydrogen-bond acceptors (Lipinski definition) is 7. The summed E-state index contributed by atoms with van der Waals surface area (Å²) in [5, 5.41) is 25.5. The fraction of sp³-hybridized carbons (Fsp3) is 0.100. The van der Waals surface area contributed by atoms with E-state index in [0.717, 1.165) is 17.7 Å². The maximum absolute atomic E-state index is 12.9. The molecule has 0 aliphatic rings. The Balaban J connectivity index is 1.99. The lowest BCUT2D eigenvalue weighted by Gasteiger charge is -2.16. The van der Waals surface area contributed by atoms with E-state index in [1.807, 2.05) is 37.3 Å². The lowest BCUT2D eigenvalue weighted by Crippen LogP contribution is -2.09. The summed E-state index contributed by atoms with van der Waals surface area (Å²) in [6.07, 6.45) is 0. The van der Waals surface area contributed by atoms with Crippen molar-refractivity contribution in [3.63, 3.8) is 0 Å². The summed E-state index contributed by atoms with van der Waals surface area (Å²) in [6.45, 7) is 1.83. The molecule has 0 aliphatic heterocycles. The Labute approximate surface area is 172 Å². The van der Waals surface area contributed by atoms with Crippen LogP contribution in [0.25, 0.3) is 0 Å². The molecule has 1 atom stereocenters. The Morgan fingerprint density at radius 2 is 1.50 bits per heavy atom. The first-order chi connectivity index (χ1) is 14.2. The highest BCUT2D eigenvalue weighted by Crippen LogP contribution is 2.33. The average molecular weight is 427 g/mol. The van der Waals surface area contributed by atoms with Crippen LogP contribution in [0.3, 0.4) is 0 Å². The summed E-state index contributed by atoms with van der Waals surface area (Å²) in [7, 11) is -4.19. The Morgan fingerprint density at radius 1 is 0.833 bits per heavy atom. The lowest BCUT2D eigenvalue weighted by atomic mass is 10.1. The molecular weight excluding hydrogens is 410 g/mol. The molecule has 10 heteroatoms. The quantitative estimate of drug-likeness (QED) is 0.433. The van der Waals surface area contributed by atoms with Crippen LogP contribution in [0.4, 0.5) is 17.1 Å². The van der Waals surface area contributed by atoms with Gasteiger partial charge in [-0.05, 0) is 30.7 Å². The monoisotopic (exact) mass is 427 g/mol. The molecule has 0 saturated carbocycles. The molecule has 0 fully saturated rings. The van der Waals surface area contributed by atoms with Crippen LogP contribution < -0.4 is 5.32 Å². The predicted octanol–water partition coefficient (Wildman–Crippen LogP) is 4.51. The number of sulfone groups is 1. The van der Waals surface area contributed by atoms with Crippen LogP contribution in [0.2, 0.25) is 0 Å². The van der Waals surface area contributed by atoms with Crippen molar-refractivity contribution in [2.45, 2.75) is 22.8 Å². The van der Waals surface area contributed by atoms with Crippen LogP contribution in [0.5, 0.6) is 0 Å². The first-order valence-corrected chi connectivity index (χ1v) is 10.3. The third-order valence-electron chi connectivity index (χ3n) is 4.49. The second-order valence-electron chi connectivity index (χ2n) is 6.47. The van der Waals surface area contributed by atoms with E-state index in [1.54, 1.807) is 0 Å². The van der Waals surface area contributed by atoms with Crippen molar-refractivity contribution in [1.82, 2.24) is 0 Å². The summed E-state index contributed by atoms with van der Waals surface area (Å²) in [5.74, 6) is 0. The molecule has 3 aromatic carbocycles. The summed E-state index contributed by atoms with van der Waals surface area (Å²) in [5.41, 5.74) is 0.263. The van der Waals surface area contributed by atoms with E-state index in [1.165, 1.54) is 30.3 Å². The first kappa shape index (κ1) is 20.9. The summed E-state index contributed by atoms with van der Waals surface area (Å²) < 4.78 is 25.7. The third kappa shape index (κ3) is 4.28. The number of nitrogens with one attached hydrogen (secondary N) is 1. The molecule has 3 aromatic rings. The molecule has 0 unspecified atom stereocenters. The molecule has 0 aromatic heterocycles. The highest BCUT2D eigenvalue weighted by atomic mass is 32.2. The molecule has 0 saturated heterocycles. The van der Waals surface area contributed by atoms with Crippen molar-refractivity contribution in [3.05, 3.63) is 98.6 Å². The highest BCUT2D eigenvalue weighted by molar-refractivity contribution is 7.91. The van der Waals surface area contributed by atoms with Crippen molar-refractivity contribution < 1.29 is 18.3 Å². The lowest BCUT2D eigenvalue weighted by molar-refractivity contribution is -0.385. The van der Waals surface area contributed by atoms with E-state index in [0.29, 0.717) is 0 Å². The zero-order valence-electron chi connectivity index (χ0n) is 15.8. The molecule has 0 spiro atoms. The highest BCUT2D eigenvalue weighted by Gasteiger charge is 2.25. The van der Waals surface area contributed by atoms with Crippen LogP contribution in [0, 0.1) is 20.2 Å². The topological polar surface area (TPSA) is 132 Å². The fourth-order valence-corrected chi connectivity index (χ4v) is 4.23. The van der Waals surface area contributed by atoms with Crippen molar-refractivity contribution in [1.29, 1.82) is 0 Å². The van der Waals surface area contributed by atoms with E-state index >= 15 is 0 Å². The van der Waals surface area contributed by atoms with Crippen molar-refractivity contribution in [2.75, 3.05) is 5.32 Å². The third-order valence-corrected chi connectivity index (χ3v) is 6.24. The van der Waals surface area contributed by atoms with Gasteiger partial charge in [0.25, 0.3) is 11.4 Å². The molecule has 0 radical (unpaired) electrons. The van der Waals surface area contributed by atoms with E-state index in [4.69, 9.17) is 0 Å². The van der Waals surface area contributed by atoms with Gasteiger partial charge < -0.3 is 5.32 Å². The fourth-order valence-electron chi connectivity index (χ4n) is 2.91.